The highest BCUT2D eigenvalue weighted by molar-refractivity contribution is 5.95. The molecular formula is C24H32N6O8. The minimum Gasteiger partial charge on any atom is -0.508 e. The van der Waals surface area contributed by atoms with Crippen molar-refractivity contribution in [2.45, 2.75) is 57.3 Å². The van der Waals surface area contributed by atoms with Crippen LogP contribution in [0.1, 0.15) is 31.5 Å². The molecule has 4 unspecified atom stereocenters. The summed E-state index contributed by atoms with van der Waals surface area (Å²) in [4.78, 5) is 68.0. The quantitative estimate of drug-likeness (QED) is 0.146. The lowest BCUT2D eigenvalue weighted by Crippen LogP contribution is -2.59. The lowest BCUT2D eigenvalue weighted by atomic mass is 10.00. The third kappa shape index (κ3) is 9.20. The summed E-state index contributed by atoms with van der Waals surface area (Å²) in [5, 5.41) is 35.4. The van der Waals surface area contributed by atoms with E-state index in [0.717, 1.165) is 0 Å². The van der Waals surface area contributed by atoms with Gasteiger partial charge in [0, 0.05) is 24.7 Å². The molecule has 0 fully saturated rings. The molecule has 2 aromatic rings. The van der Waals surface area contributed by atoms with Gasteiger partial charge in [-0.15, -0.1) is 0 Å². The topological polar surface area (TPSA) is 237 Å². The number of aromatic amines is 1. The molecule has 9 N–H and O–H groups in total. The maximum Gasteiger partial charge on any atom is 0.326 e. The molecule has 3 amide bonds. The zero-order chi connectivity index (χ0) is 28.4. The number of rotatable bonds is 14. The van der Waals surface area contributed by atoms with E-state index in [1.54, 1.807) is 13.8 Å². The summed E-state index contributed by atoms with van der Waals surface area (Å²) in [6, 6.07) is 0.699. The molecule has 0 aliphatic carbocycles. The molecule has 1 heterocycles. The predicted octanol–water partition coefficient (Wildman–Crippen LogP) is -1.10. The van der Waals surface area contributed by atoms with Gasteiger partial charge < -0.3 is 42.0 Å². The van der Waals surface area contributed by atoms with E-state index in [4.69, 9.17) is 10.8 Å². The molecule has 0 saturated carbocycles. The van der Waals surface area contributed by atoms with Crippen molar-refractivity contribution >= 4 is 29.7 Å². The average Bonchev–Trinajstić information content (AvgIpc) is 3.35. The van der Waals surface area contributed by atoms with Crippen molar-refractivity contribution in [1.29, 1.82) is 0 Å². The van der Waals surface area contributed by atoms with Gasteiger partial charge in [-0.3, -0.25) is 19.2 Å². The van der Waals surface area contributed by atoms with Crippen molar-refractivity contribution in [2.75, 3.05) is 0 Å². The van der Waals surface area contributed by atoms with Crippen LogP contribution in [0.3, 0.4) is 0 Å². The lowest BCUT2D eigenvalue weighted by molar-refractivity contribution is -0.142. The molecule has 0 aliphatic rings. The number of carbonyl (C=O) groups excluding carboxylic acids is 3. The fourth-order valence-electron chi connectivity index (χ4n) is 3.50. The third-order valence-electron chi connectivity index (χ3n) is 5.58. The molecule has 1 aromatic heterocycles. The van der Waals surface area contributed by atoms with E-state index in [0.29, 0.717) is 11.3 Å². The Morgan fingerprint density at radius 1 is 0.921 bits per heavy atom. The number of amides is 3. The minimum atomic E-state index is -1.39. The van der Waals surface area contributed by atoms with Crippen LogP contribution in [0.25, 0.3) is 0 Å². The molecule has 38 heavy (non-hydrogen) atoms. The second kappa shape index (κ2) is 13.7. The Morgan fingerprint density at radius 3 is 2.08 bits per heavy atom. The molecule has 2 rings (SSSR count). The molecule has 0 aliphatic heterocycles. The largest absolute Gasteiger partial charge is 0.508 e. The summed E-state index contributed by atoms with van der Waals surface area (Å²) in [5.74, 6) is -5.48. The first-order chi connectivity index (χ1) is 17.9. The first kappa shape index (κ1) is 29.8. The fourth-order valence-corrected chi connectivity index (χ4v) is 3.50. The van der Waals surface area contributed by atoms with Gasteiger partial charge in [0.15, 0.2) is 0 Å². The summed E-state index contributed by atoms with van der Waals surface area (Å²) in [7, 11) is 0. The Labute approximate surface area is 218 Å². The molecule has 1 aromatic carbocycles. The first-order valence-electron chi connectivity index (χ1n) is 11.7. The number of aliphatic carboxylic acids is 2. The summed E-state index contributed by atoms with van der Waals surface area (Å²) >= 11 is 0. The second-order valence-corrected chi connectivity index (χ2v) is 9.05. The van der Waals surface area contributed by atoms with E-state index in [1.807, 2.05) is 0 Å². The summed E-state index contributed by atoms with van der Waals surface area (Å²) in [5.41, 5.74) is 6.62. The average molecular weight is 533 g/mol. The number of benzene rings is 1. The summed E-state index contributed by atoms with van der Waals surface area (Å²) in [6.45, 7) is 3.26. The van der Waals surface area contributed by atoms with Crippen LogP contribution in [0, 0.1) is 5.92 Å². The zero-order valence-electron chi connectivity index (χ0n) is 20.9. The van der Waals surface area contributed by atoms with Gasteiger partial charge in [0.25, 0.3) is 0 Å². The number of aromatic nitrogens is 2. The molecule has 4 atom stereocenters. The van der Waals surface area contributed by atoms with Gasteiger partial charge in [0.2, 0.25) is 17.7 Å². The molecule has 0 radical (unpaired) electrons. The summed E-state index contributed by atoms with van der Waals surface area (Å²) < 4.78 is 0. The summed E-state index contributed by atoms with van der Waals surface area (Å²) in [6.07, 6.45) is 1.99. The van der Waals surface area contributed by atoms with Crippen molar-refractivity contribution < 1.29 is 39.3 Å². The monoisotopic (exact) mass is 532 g/mol. The Bertz CT molecular complexity index is 1120. The molecule has 0 bridgehead atoms. The van der Waals surface area contributed by atoms with Crippen molar-refractivity contribution in [3.63, 3.8) is 0 Å². The number of hydrogen-bond acceptors (Lipinski definition) is 8. The van der Waals surface area contributed by atoms with Gasteiger partial charge in [-0.2, -0.15) is 0 Å². The third-order valence-corrected chi connectivity index (χ3v) is 5.58. The van der Waals surface area contributed by atoms with Crippen LogP contribution in [0.4, 0.5) is 0 Å². The van der Waals surface area contributed by atoms with E-state index in [2.05, 4.69) is 25.9 Å². The number of carboxylic acids is 2. The Kier molecular flexibility index (Phi) is 10.8. The maximum absolute atomic E-state index is 13.2. The van der Waals surface area contributed by atoms with Crippen LogP contribution in [-0.2, 0) is 36.8 Å². The van der Waals surface area contributed by atoms with Crippen LogP contribution in [0.15, 0.2) is 36.8 Å². The van der Waals surface area contributed by atoms with Crippen LogP contribution >= 0.6 is 0 Å². The number of hydrogen-bond donors (Lipinski definition) is 8. The smallest absolute Gasteiger partial charge is 0.326 e. The van der Waals surface area contributed by atoms with Gasteiger partial charge >= 0.3 is 11.9 Å². The van der Waals surface area contributed by atoms with Gasteiger partial charge in [-0.05, 0) is 23.6 Å². The highest BCUT2D eigenvalue weighted by atomic mass is 16.4. The van der Waals surface area contributed by atoms with E-state index in [9.17, 15) is 34.2 Å². The van der Waals surface area contributed by atoms with Gasteiger partial charge in [-0.1, -0.05) is 26.0 Å². The Balaban J connectivity index is 2.24. The number of carboxylic acid groups (broad SMARTS) is 2. The van der Waals surface area contributed by atoms with Crippen molar-refractivity contribution in [3.05, 3.63) is 48.0 Å². The minimum absolute atomic E-state index is 0.00966. The molecule has 0 spiro atoms. The number of imidazole rings is 1. The Hall–Kier alpha value is -4.46. The van der Waals surface area contributed by atoms with Crippen molar-refractivity contribution in [2.24, 2.45) is 11.7 Å². The standard InChI is InChI=1S/C24H32N6O8/c1-12(2)20(30-21(34)16(25)9-19(32)33)23(36)28-17(7-13-3-5-15(31)6-4-13)22(35)29-18(24(37)38)8-14-10-26-11-27-14/h3-6,10-12,16-18,20,31H,7-9,25H2,1-2H3,(H,26,27)(H,28,36)(H,29,35)(H,30,34)(H,32,33)(H,37,38). The lowest BCUT2D eigenvalue weighted by Gasteiger charge is -2.27. The highest BCUT2D eigenvalue weighted by Gasteiger charge is 2.32. The van der Waals surface area contributed by atoms with Gasteiger partial charge in [0.05, 0.1) is 18.8 Å². The number of nitrogens with zero attached hydrogens (tertiary/aromatic N) is 1. The SMILES string of the molecule is CC(C)C(NC(=O)C(N)CC(=O)O)C(=O)NC(Cc1ccc(O)cc1)C(=O)NC(Cc1cnc[nH]1)C(=O)O. The molecular weight excluding hydrogens is 500 g/mol. The maximum atomic E-state index is 13.2. The number of carbonyl (C=O) groups is 5. The second-order valence-electron chi connectivity index (χ2n) is 9.05. The van der Waals surface area contributed by atoms with E-state index in [-0.39, 0.29) is 18.6 Å². The number of H-pyrrole nitrogens is 1. The normalized spacial score (nSPS) is 14.1. The fraction of sp³-hybridized carbons (Fsp3) is 0.417. The van der Waals surface area contributed by atoms with Gasteiger partial charge in [-0.25, -0.2) is 9.78 Å². The zero-order valence-corrected chi connectivity index (χ0v) is 20.9. The predicted molar refractivity (Wildman–Crippen MR) is 133 cm³/mol. The highest BCUT2D eigenvalue weighted by Crippen LogP contribution is 2.13. The van der Waals surface area contributed by atoms with Crippen LogP contribution in [0.5, 0.6) is 5.75 Å². The van der Waals surface area contributed by atoms with E-state index >= 15 is 0 Å². The molecule has 0 saturated heterocycles. The van der Waals surface area contributed by atoms with Crippen molar-refractivity contribution in [1.82, 2.24) is 25.9 Å². The number of nitrogens with two attached hydrogens (primary N) is 1. The van der Waals surface area contributed by atoms with Crippen LogP contribution in [-0.4, -0.2) is 79.1 Å². The number of nitrogens with one attached hydrogen (secondary N) is 4. The van der Waals surface area contributed by atoms with Crippen LogP contribution < -0.4 is 21.7 Å². The number of phenols is 1. The molecule has 14 heteroatoms. The Morgan fingerprint density at radius 2 is 1.55 bits per heavy atom. The molecule has 14 nitrogen and oxygen atoms in total. The van der Waals surface area contributed by atoms with E-state index in [1.165, 1.54) is 36.8 Å². The van der Waals surface area contributed by atoms with E-state index < -0.39 is 66.2 Å². The van der Waals surface area contributed by atoms with Crippen LogP contribution in [0.2, 0.25) is 0 Å². The number of aromatic hydroxyl groups is 1. The number of phenolic OH excluding ortho intramolecular Hbond substituents is 1. The first-order valence-corrected chi connectivity index (χ1v) is 11.7. The molecule has 206 valence electrons. The van der Waals surface area contributed by atoms with Gasteiger partial charge in [0.1, 0.15) is 23.9 Å². The van der Waals surface area contributed by atoms with Crippen molar-refractivity contribution in [3.8, 4) is 5.75 Å².